The Hall–Kier alpha value is -3.94. The Balaban J connectivity index is 1.55. The minimum absolute atomic E-state index is 0.0304. The minimum Gasteiger partial charge on any atom is -0.396 e. The van der Waals surface area contributed by atoms with E-state index in [1.807, 2.05) is 12.1 Å². The van der Waals surface area contributed by atoms with Crippen molar-refractivity contribution < 1.29 is 8.78 Å². The number of nitrogen functional groups attached to an aromatic ring is 1. The zero-order valence-electron chi connectivity index (χ0n) is 16.5. The van der Waals surface area contributed by atoms with Gasteiger partial charge in [0.05, 0.1) is 11.4 Å². The van der Waals surface area contributed by atoms with Crippen molar-refractivity contribution in [2.75, 3.05) is 5.73 Å². The molecule has 2 heterocycles. The van der Waals surface area contributed by atoms with Crippen molar-refractivity contribution in [1.29, 1.82) is 5.41 Å². The molecule has 0 amide bonds. The predicted molar refractivity (Wildman–Crippen MR) is 116 cm³/mol. The summed E-state index contributed by atoms with van der Waals surface area (Å²) >= 11 is 0. The molecule has 0 saturated heterocycles. The van der Waals surface area contributed by atoms with Crippen LogP contribution in [0.3, 0.4) is 0 Å². The number of aromatic amines is 1. The van der Waals surface area contributed by atoms with Gasteiger partial charge in [-0.3, -0.25) is 10.1 Å². The summed E-state index contributed by atoms with van der Waals surface area (Å²) in [5, 5.41) is 15.4. The Morgan fingerprint density at radius 3 is 2.94 bits per heavy atom. The molecule has 1 atom stereocenters. The molecule has 1 aliphatic carbocycles. The smallest absolute Gasteiger partial charge is 0.181 e. The molecule has 156 valence electrons. The maximum absolute atomic E-state index is 14.5. The van der Waals surface area contributed by atoms with Crippen molar-refractivity contribution in [1.82, 2.24) is 20.2 Å². The summed E-state index contributed by atoms with van der Waals surface area (Å²) in [6.45, 7) is 0. The first-order chi connectivity index (χ1) is 15.0. The molecule has 0 fully saturated rings. The molecule has 0 bridgehead atoms. The molecule has 0 radical (unpaired) electrons. The minimum atomic E-state index is -0.646. The van der Waals surface area contributed by atoms with E-state index in [9.17, 15) is 8.78 Å². The zero-order valence-corrected chi connectivity index (χ0v) is 16.5. The largest absolute Gasteiger partial charge is 0.396 e. The van der Waals surface area contributed by atoms with Crippen molar-refractivity contribution in [2.45, 2.75) is 12.8 Å². The molecule has 4 N–H and O–H groups in total. The highest BCUT2D eigenvalue weighted by molar-refractivity contribution is 6.10. The number of H-pyrrole nitrogens is 1. The molecule has 31 heavy (non-hydrogen) atoms. The van der Waals surface area contributed by atoms with E-state index in [0.29, 0.717) is 30.1 Å². The number of nitrogens with zero attached hydrogens (tertiary/aromatic N) is 3. The van der Waals surface area contributed by atoms with Crippen molar-refractivity contribution >= 4 is 11.4 Å². The highest BCUT2D eigenvalue weighted by Crippen LogP contribution is 2.26. The number of hydrogen-bond donors (Lipinski definition) is 3. The van der Waals surface area contributed by atoms with E-state index in [1.54, 1.807) is 36.7 Å². The lowest BCUT2D eigenvalue weighted by Crippen LogP contribution is -2.05. The fourth-order valence-electron chi connectivity index (χ4n) is 3.23. The van der Waals surface area contributed by atoms with Gasteiger partial charge in [0.1, 0.15) is 17.5 Å². The van der Waals surface area contributed by atoms with Gasteiger partial charge < -0.3 is 11.1 Å². The van der Waals surface area contributed by atoms with Gasteiger partial charge in [0.15, 0.2) is 5.82 Å². The Morgan fingerprint density at radius 1 is 1.32 bits per heavy atom. The van der Waals surface area contributed by atoms with Crippen LogP contribution in [0.1, 0.15) is 23.4 Å². The fourth-order valence-corrected chi connectivity index (χ4v) is 3.23. The lowest BCUT2D eigenvalue weighted by Gasteiger charge is -2.10. The van der Waals surface area contributed by atoms with Crippen molar-refractivity contribution in [3.05, 3.63) is 95.6 Å². The Labute approximate surface area is 177 Å². The number of anilines is 1. The number of halogens is 2. The SMILES string of the molecule is N=C(/C=C/C1C=CC(F)=CC1)c1cc(-c2n[nH]c(Cc3cccnc3)n2)cc(F)c1N. The summed E-state index contributed by atoms with van der Waals surface area (Å²) in [6, 6.07) is 6.61. The summed E-state index contributed by atoms with van der Waals surface area (Å²) in [5.74, 6) is -0.0233. The van der Waals surface area contributed by atoms with E-state index >= 15 is 0 Å². The van der Waals surface area contributed by atoms with Crippen LogP contribution in [0.5, 0.6) is 0 Å². The van der Waals surface area contributed by atoms with Crippen molar-refractivity contribution in [3.8, 4) is 11.4 Å². The molecule has 4 rings (SSSR count). The number of nitrogens with two attached hydrogens (primary N) is 1. The number of benzene rings is 1. The standard InChI is InChI=1S/C23H20F2N6/c24-17-6-3-14(4-7-17)5-8-20(26)18-11-16(12-19(25)22(18)27)23-29-21(30-31-23)10-15-2-1-9-28-13-15/h1-3,5-9,11-14,26H,4,10,27H2,(H,29,30,31)/b8-5+,26-20?. The number of rotatable bonds is 6. The molecule has 1 aromatic carbocycles. The van der Waals surface area contributed by atoms with Gasteiger partial charge >= 0.3 is 0 Å². The summed E-state index contributed by atoms with van der Waals surface area (Å²) in [7, 11) is 0. The first-order valence-electron chi connectivity index (χ1n) is 9.70. The van der Waals surface area contributed by atoms with Crippen LogP contribution in [0.2, 0.25) is 0 Å². The molecule has 8 heteroatoms. The monoisotopic (exact) mass is 418 g/mol. The molecule has 2 aromatic heterocycles. The molecule has 0 aliphatic heterocycles. The maximum atomic E-state index is 14.5. The summed E-state index contributed by atoms with van der Waals surface area (Å²) in [5.41, 5.74) is 7.44. The molecule has 6 nitrogen and oxygen atoms in total. The highest BCUT2D eigenvalue weighted by atomic mass is 19.1. The normalized spacial score (nSPS) is 15.9. The van der Waals surface area contributed by atoms with Crippen LogP contribution >= 0.6 is 0 Å². The lowest BCUT2D eigenvalue weighted by atomic mass is 9.97. The highest BCUT2D eigenvalue weighted by Gasteiger charge is 2.15. The number of pyridine rings is 1. The average Bonchev–Trinajstić information content (AvgIpc) is 3.24. The van der Waals surface area contributed by atoms with Crippen LogP contribution in [0.4, 0.5) is 14.5 Å². The second kappa shape index (κ2) is 8.83. The summed E-state index contributed by atoms with van der Waals surface area (Å²) < 4.78 is 27.6. The second-order valence-corrected chi connectivity index (χ2v) is 7.18. The zero-order chi connectivity index (χ0) is 21.8. The second-order valence-electron chi connectivity index (χ2n) is 7.18. The predicted octanol–water partition coefficient (Wildman–Crippen LogP) is 4.53. The third kappa shape index (κ3) is 4.80. The van der Waals surface area contributed by atoms with E-state index < -0.39 is 5.82 Å². The Morgan fingerprint density at radius 2 is 2.19 bits per heavy atom. The van der Waals surface area contributed by atoms with Gasteiger partial charge in [-0.25, -0.2) is 13.8 Å². The van der Waals surface area contributed by atoms with E-state index in [-0.39, 0.29) is 28.7 Å². The first kappa shape index (κ1) is 20.3. The lowest BCUT2D eigenvalue weighted by molar-refractivity contribution is 0.632. The number of aromatic nitrogens is 4. The average molecular weight is 418 g/mol. The topological polar surface area (TPSA) is 104 Å². The number of allylic oxidation sites excluding steroid dienone is 6. The van der Waals surface area contributed by atoms with Crippen molar-refractivity contribution in [3.63, 3.8) is 0 Å². The van der Waals surface area contributed by atoms with E-state index in [0.717, 1.165) is 5.56 Å². The number of hydrogen-bond acceptors (Lipinski definition) is 5. The summed E-state index contributed by atoms with van der Waals surface area (Å²) in [6.07, 6.45) is 12.4. The molecule has 1 unspecified atom stereocenters. The molecular weight excluding hydrogens is 398 g/mol. The van der Waals surface area contributed by atoms with Crippen molar-refractivity contribution in [2.24, 2.45) is 5.92 Å². The van der Waals surface area contributed by atoms with Crippen LogP contribution in [0.25, 0.3) is 11.4 Å². The van der Waals surface area contributed by atoms with Crippen LogP contribution in [-0.2, 0) is 6.42 Å². The molecule has 0 saturated carbocycles. The van der Waals surface area contributed by atoms with E-state index in [4.69, 9.17) is 11.1 Å². The Bertz CT molecular complexity index is 1190. The summed E-state index contributed by atoms with van der Waals surface area (Å²) in [4.78, 5) is 8.50. The third-order valence-electron chi connectivity index (χ3n) is 4.90. The maximum Gasteiger partial charge on any atom is 0.181 e. The van der Waals surface area contributed by atoms with Gasteiger partial charge in [-0.2, -0.15) is 5.10 Å². The molecule has 0 spiro atoms. The van der Waals surface area contributed by atoms with Crippen LogP contribution in [0.15, 0.2) is 72.9 Å². The first-order valence-corrected chi connectivity index (χ1v) is 9.70. The van der Waals surface area contributed by atoms with Gasteiger partial charge in [-0.05, 0) is 54.3 Å². The van der Waals surface area contributed by atoms with Crippen LogP contribution in [0, 0.1) is 17.1 Å². The van der Waals surface area contributed by atoms with E-state index in [2.05, 4.69) is 20.2 Å². The Kier molecular flexibility index (Phi) is 5.79. The van der Waals surface area contributed by atoms with Gasteiger partial charge in [0.2, 0.25) is 0 Å². The van der Waals surface area contributed by atoms with Crippen LogP contribution in [-0.4, -0.2) is 25.9 Å². The van der Waals surface area contributed by atoms with Crippen LogP contribution < -0.4 is 5.73 Å². The van der Waals surface area contributed by atoms with Gasteiger partial charge in [-0.15, -0.1) is 0 Å². The number of nitrogens with one attached hydrogen (secondary N) is 2. The van der Waals surface area contributed by atoms with Gasteiger partial charge in [0.25, 0.3) is 0 Å². The van der Waals surface area contributed by atoms with Gasteiger partial charge in [-0.1, -0.05) is 18.2 Å². The fraction of sp³-hybridized carbons (Fsp3) is 0.130. The molecule has 3 aromatic rings. The van der Waals surface area contributed by atoms with Gasteiger partial charge in [0, 0.05) is 29.9 Å². The molecule has 1 aliphatic rings. The quantitative estimate of drug-likeness (QED) is 0.404. The van der Waals surface area contributed by atoms with E-state index in [1.165, 1.54) is 18.2 Å². The molecular formula is C23H20F2N6. The third-order valence-corrected chi connectivity index (χ3v) is 4.90.